The molecule has 2 aromatic heterocycles. The molecule has 8 nitrogen and oxygen atoms in total. The predicted octanol–water partition coefficient (Wildman–Crippen LogP) is 3.48. The van der Waals surface area contributed by atoms with Gasteiger partial charge in [0.05, 0.1) is 36.0 Å². The molecule has 2 heterocycles. The number of benzene rings is 2. The van der Waals surface area contributed by atoms with E-state index in [9.17, 15) is 9.59 Å². The van der Waals surface area contributed by atoms with E-state index >= 15 is 0 Å². The number of aryl methyl sites for hydroxylation is 1. The number of anilines is 1. The van der Waals surface area contributed by atoms with Crippen molar-refractivity contribution in [3.63, 3.8) is 0 Å². The lowest BCUT2D eigenvalue weighted by molar-refractivity contribution is -0.115. The number of amides is 2. The van der Waals surface area contributed by atoms with Crippen LogP contribution in [0.3, 0.4) is 0 Å². The zero-order valence-corrected chi connectivity index (χ0v) is 16.9. The molecule has 3 N–H and O–H groups in total. The van der Waals surface area contributed by atoms with Crippen molar-refractivity contribution in [2.24, 2.45) is 0 Å². The van der Waals surface area contributed by atoms with Gasteiger partial charge in [-0.25, -0.2) is 4.98 Å². The van der Waals surface area contributed by atoms with Gasteiger partial charge in [0.25, 0.3) is 5.91 Å². The van der Waals surface area contributed by atoms with E-state index in [4.69, 9.17) is 4.42 Å². The van der Waals surface area contributed by atoms with E-state index in [0.717, 1.165) is 5.56 Å². The molecule has 0 unspecified atom stereocenters. The van der Waals surface area contributed by atoms with E-state index in [1.165, 1.54) is 12.4 Å². The number of carbonyl (C=O) groups excluding carboxylic acids is 2. The third-order valence-corrected chi connectivity index (χ3v) is 4.71. The van der Waals surface area contributed by atoms with Crippen LogP contribution in [-0.2, 0) is 17.8 Å². The molecule has 0 aliphatic heterocycles. The number of hydrogen-bond acceptors (Lipinski definition) is 5. The summed E-state index contributed by atoms with van der Waals surface area (Å²) in [4.78, 5) is 29.2. The summed E-state index contributed by atoms with van der Waals surface area (Å²) in [6, 6.07) is 16.9. The molecular formula is C23H21N5O3. The minimum absolute atomic E-state index is 0.130. The highest BCUT2D eigenvalue weighted by molar-refractivity contribution is 5.96. The van der Waals surface area contributed by atoms with Crippen LogP contribution in [0, 0.1) is 6.92 Å². The van der Waals surface area contributed by atoms with Crippen LogP contribution in [0.15, 0.2) is 71.4 Å². The fraction of sp³-hybridized carbons (Fsp3) is 0.130. The highest BCUT2D eigenvalue weighted by Gasteiger charge is 2.17. The third-order valence-electron chi connectivity index (χ3n) is 4.71. The Hall–Kier alpha value is -4.20. The van der Waals surface area contributed by atoms with Crippen LogP contribution in [0.25, 0.3) is 11.5 Å². The van der Waals surface area contributed by atoms with E-state index in [1.807, 2.05) is 48.5 Å². The zero-order chi connectivity index (χ0) is 21.6. The lowest BCUT2D eigenvalue weighted by Gasteiger charge is -2.09. The fourth-order valence-electron chi connectivity index (χ4n) is 3.10. The van der Waals surface area contributed by atoms with Crippen molar-refractivity contribution >= 4 is 17.5 Å². The number of H-pyrrole nitrogens is 1. The maximum Gasteiger partial charge on any atom is 0.254 e. The topological polar surface area (TPSA) is 113 Å². The van der Waals surface area contributed by atoms with E-state index in [0.29, 0.717) is 34.2 Å². The van der Waals surface area contributed by atoms with Crippen molar-refractivity contribution < 1.29 is 14.0 Å². The van der Waals surface area contributed by atoms with Crippen molar-refractivity contribution in [3.05, 3.63) is 89.6 Å². The average Bonchev–Trinajstić information content (AvgIpc) is 3.43. The van der Waals surface area contributed by atoms with Gasteiger partial charge in [-0.15, -0.1) is 0 Å². The van der Waals surface area contributed by atoms with Gasteiger partial charge in [-0.3, -0.25) is 14.7 Å². The first kappa shape index (κ1) is 20.1. The molecular weight excluding hydrogens is 394 g/mol. The molecule has 8 heteroatoms. The van der Waals surface area contributed by atoms with Gasteiger partial charge >= 0.3 is 0 Å². The quantitative estimate of drug-likeness (QED) is 0.428. The molecule has 0 saturated carbocycles. The van der Waals surface area contributed by atoms with E-state index in [1.54, 1.807) is 13.0 Å². The van der Waals surface area contributed by atoms with Crippen molar-refractivity contribution in [2.75, 3.05) is 5.32 Å². The molecule has 156 valence electrons. The lowest BCUT2D eigenvalue weighted by atomic mass is 10.1. The standard InChI is InChI=1S/C23H21N5O3/c1-15-20(14-24-22(30)17-12-25-26-13-17)28-23(31-15)18-9-5-6-10-19(18)27-21(29)11-16-7-3-2-4-8-16/h2-10,12-13H,11,14H2,1H3,(H,24,30)(H,25,26)(H,27,29). The fourth-order valence-corrected chi connectivity index (χ4v) is 3.10. The molecule has 4 aromatic rings. The number of nitrogens with one attached hydrogen (secondary N) is 3. The van der Waals surface area contributed by atoms with Crippen molar-refractivity contribution in [3.8, 4) is 11.5 Å². The number of aromatic amines is 1. The van der Waals surface area contributed by atoms with Gasteiger partial charge in [-0.2, -0.15) is 5.10 Å². The van der Waals surface area contributed by atoms with E-state index in [-0.39, 0.29) is 24.8 Å². The molecule has 0 fully saturated rings. The second-order valence-electron chi connectivity index (χ2n) is 6.95. The Labute approximate surface area is 178 Å². The van der Waals surface area contributed by atoms with Crippen LogP contribution in [0.5, 0.6) is 0 Å². The Balaban J connectivity index is 1.48. The van der Waals surface area contributed by atoms with Gasteiger partial charge in [0.2, 0.25) is 11.8 Å². The second kappa shape index (κ2) is 9.08. The van der Waals surface area contributed by atoms with E-state index in [2.05, 4.69) is 25.8 Å². The number of para-hydroxylation sites is 1. The monoisotopic (exact) mass is 415 g/mol. The maximum atomic E-state index is 12.5. The second-order valence-corrected chi connectivity index (χ2v) is 6.95. The first-order valence-corrected chi connectivity index (χ1v) is 9.76. The molecule has 0 saturated heterocycles. The van der Waals surface area contributed by atoms with Gasteiger partial charge in [0.15, 0.2) is 0 Å². The number of carbonyl (C=O) groups is 2. The Morgan fingerprint density at radius 3 is 2.61 bits per heavy atom. The molecule has 0 bridgehead atoms. The molecule has 0 radical (unpaired) electrons. The van der Waals surface area contributed by atoms with Crippen molar-refractivity contribution in [1.29, 1.82) is 0 Å². The molecule has 2 amide bonds. The summed E-state index contributed by atoms with van der Waals surface area (Å²) >= 11 is 0. The highest BCUT2D eigenvalue weighted by Crippen LogP contribution is 2.29. The Morgan fingerprint density at radius 2 is 1.84 bits per heavy atom. The summed E-state index contributed by atoms with van der Waals surface area (Å²) in [6.07, 6.45) is 3.24. The number of nitrogens with zero attached hydrogens (tertiary/aromatic N) is 2. The average molecular weight is 415 g/mol. The molecule has 0 aliphatic carbocycles. The maximum absolute atomic E-state index is 12.5. The first-order valence-electron chi connectivity index (χ1n) is 9.76. The summed E-state index contributed by atoms with van der Waals surface area (Å²) in [5, 5.41) is 12.1. The Morgan fingerprint density at radius 1 is 1.06 bits per heavy atom. The molecule has 0 atom stereocenters. The van der Waals surface area contributed by atoms with Gasteiger partial charge in [-0.1, -0.05) is 42.5 Å². The molecule has 0 spiro atoms. The summed E-state index contributed by atoms with van der Waals surface area (Å²) in [5.74, 6) is 0.578. The molecule has 0 aliphatic rings. The van der Waals surface area contributed by atoms with Gasteiger partial charge in [0.1, 0.15) is 11.5 Å². The normalized spacial score (nSPS) is 10.6. The summed E-state index contributed by atoms with van der Waals surface area (Å²) in [5.41, 5.74) is 3.25. The van der Waals surface area contributed by atoms with Crippen LogP contribution in [0.4, 0.5) is 5.69 Å². The van der Waals surface area contributed by atoms with Crippen LogP contribution in [0.2, 0.25) is 0 Å². The summed E-state index contributed by atoms with van der Waals surface area (Å²) < 4.78 is 5.83. The van der Waals surface area contributed by atoms with Gasteiger partial charge in [0, 0.05) is 6.20 Å². The van der Waals surface area contributed by atoms with Crippen LogP contribution < -0.4 is 10.6 Å². The molecule has 31 heavy (non-hydrogen) atoms. The number of oxazole rings is 1. The van der Waals surface area contributed by atoms with Crippen molar-refractivity contribution in [1.82, 2.24) is 20.5 Å². The molecule has 4 rings (SSSR count). The minimum Gasteiger partial charge on any atom is -0.441 e. The van der Waals surface area contributed by atoms with Gasteiger partial charge in [-0.05, 0) is 24.6 Å². The van der Waals surface area contributed by atoms with Crippen molar-refractivity contribution in [2.45, 2.75) is 19.9 Å². The molecule has 2 aromatic carbocycles. The number of hydrogen-bond donors (Lipinski definition) is 3. The number of rotatable bonds is 7. The first-order chi connectivity index (χ1) is 15.1. The number of aromatic nitrogens is 3. The predicted molar refractivity (Wildman–Crippen MR) is 115 cm³/mol. The Bertz CT molecular complexity index is 1180. The minimum atomic E-state index is -0.258. The van der Waals surface area contributed by atoms with Crippen LogP contribution >= 0.6 is 0 Å². The smallest absolute Gasteiger partial charge is 0.254 e. The van der Waals surface area contributed by atoms with E-state index < -0.39 is 0 Å². The SMILES string of the molecule is Cc1oc(-c2ccccc2NC(=O)Cc2ccccc2)nc1CNC(=O)c1cn[nH]c1. The lowest BCUT2D eigenvalue weighted by Crippen LogP contribution is -2.22. The van der Waals surface area contributed by atoms with Crippen LogP contribution in [0.1, 0.15) is 27.4 Å². The summed E-state index contributed by atoms with van der Waals surface area (Å²) in [7, 11) is 0. The van der Waals surface area contributed by atoms with Crippen LogP contribution in [-0.4, -0.2) is 27.0 Å². The zero-order valence-electron chi connectivity index (χ0n) is 16.9. The highest BCUT2D eigenvalue weighted by atomic mass is 16.4. The summed E-state index contributed by atoms with van der Waals surface area (Å²) in [6.45, 7) is 1.99. The van der Waals surface area contributed by atoms with Gasteiger partial charge < -0.3 is 15.1 Å². The third kappa shape index (κ3) is 4.87. The Kier molecular flexibility index (Phi) is 5.89. The largest absolute Gasteiger partial charge is 0.441 e.